The number of nitrogens with zero attached hydrogens (tertiary/aromatic N) is 2. The summed E-state index contributed by atoms with van der Waals surface area (Å²) in [5, 5.41) is 9.88. The summed E-state index contributed by atoms with van der Waals surface area (Å²) in [4.78, 5) is 24.7. The number of ether oxygens (including phenoxy) is 2. The number of hydrogen-bond donors (Lipinski definition) is 3. The summed E-state index contributed by atoms with van der Waals surface area (Å²) in [6.07, 6.45) is 8.55. The van der Waals surface area contributed by atoms with E-state index in [-0.39, 0.29) is 43.6 Å². The number of nitrogens with one attached hydrogen (secondary N) is 2. The number of nitrogens with two attached hydrogens (primary N) is 1. The Morgan fingerprint density at radius 2 is 1.90 bits per heavy atom. The Hall–Kier alpha value is -2.94. The number of anilines is 2. The van der Waals surface area contributed by atoms with Gasteiger partial charge in [0.15, 0.2) is 11.5 Å². The summed E-state index contributed by atoms with van der Waals surface area (Å²) in [7, 11) is 0. The van der Waals surface area contributed by atoms with Crippen molar-refractivity contribution in [3.8, 4) is 11.5 Å². The topological polar surface area (TPSA) is 120 Å². The molecule has 1 fully saturated rings. The normalized spacial score (nSPS) is 15.4. The van der Waals surface area contributed by atoms with E-state index in [0.29, 0.717) is 28.4 Å². The summed E-state index contributed by atoms with van der Waals surface area (Å²) < 4.78 is 12.0. The lowest BCUT2D eigenvalue weighted by atomic mass is 9.95. The van der Waals surface area contributed by atoms with Crippen molar-refractivity contribution in [1.82, 2.24) is 15.1 Å². The maximum atomic E-state index is 12.5. The number of carbonyl (C=O) groups excluding carboxylic acids is 2. The standard InChI is InChI=1S/C19H23N5O4.ClH/c20-14-6-16-17(28-11-27-16)7-15(14)23-19(26)12-8-21-24(9-12)10-18(25)22-13-4-2-1-3-5-13;/h6-9,13H,1-5,10-11,20H2,(H,22,25)(H,23,26);1H. The minimum Gasteiger partial charge on any atom is -0.454 e. The van der Waals surface area contributed by atoms with Crippen molar-refractivity contribution in [3.63, 3.8) is 0 Å². The number of halogens is 1. The van der Waals surface area contributed by atoms with Crippen LogP contribution in [0.2, 0.25) is 0 Å². The third kappa shape index (κ3) is 4.92. The first-order valence-electron chi connectivity index (χ1n) is 9.41. The third-order valence-corrected chi connectivity index (χ3v) is 4.96. The molecule has 0 unspecified atom stereocenters. The monoisotopic (exact) mass is 421 g/mol. The summed E-state index contributed by atoms with van der Waals surface area (Å²) in [5.74, 6) is 0.610. The summed E-state index contributed by atoms with van der Waals surface area (Å²) in [5.41, 5.74) is 7.09. The highest BCUT2D eigenvalue weighted by Crippen LogP contribution is 2.38. The van der Waals surface area contributed by atoms with E-state index in [4.69, 9.17) is 15.2 Å². The largest absolute Gasteiger partial charge is 0.454 e. The molecule has 29 heavy (non-hydrogen) atoms. The van der Waals surface area contributed by atoms with Gasteiger partial charge in [-0.25, -0.2) is 0 Å². The predicted octanol–water partition coefficient (Wildman–Crippen LogP) is 2.32. The second kappa shape index (κ2) is 9.04. The lowest BCUT2D eigenvalue weighted by Crippen LogP contribution is -2.38. The molecule has 4 rings (SSSR count). The van der Waals surface area contributed by atoms with Crippen molar-refractivity contribution in [1.29, 1.82) is 0 Å². The van der Waals surface area contributed by atoms with Crippen LogP contribution in [0.1, 0.15) is 42.5 Å². The maximum Gasteiger partial charge on any atom is 0.258 e. The van der Waals surface area contributed by atoms with Crippen LogP contribution in [0.5, 0.6) is 11.5 Å². The van der Waals surface area contributed by atoms with Gasteiger partial charge in [0.25, 0.3) is 5.91 Å². The highest BCUT2D eigenvalue weighted by atomic mass is 35.5. The molecular weight excluding hydrogens is 398 g/mol. The van der Waals surface area contributed by atoms with Crippen molar-refractivity contribution < 1.29 is 19.1 Å². The highest BCUT2D eigenvalue weighted by molar-refractivity contribution is 6.05. The Kier molecular flexibility index (Phi) is 6.48. The van der Waals surface area contributed by atoms with Crippen LogP contribution in [0, 0.1) is 0 Å². The molecular formula is C19H24ClN5O4. The van der Waals surface area contributed by atoms with E-state index in [2.05, 4.69) is 15.7 Å². The zero-order chi connectivity index (χ0) is 19.5. The second-order valence-electron chi connectivity index (χ2n) is 7.08. The number of amides is 2. The quantitative estimate of drug-likeness (QED) is 0.637. The number of carbonyl (C=O) groups is 2. The van der Waals surface area contributed by atoms with Crippen molar-refractivity contribution in [2.24, 2.45) is 0 Å². The summed E-state index contributed by atoms with van der Waals surface area (Å²) >= 11 is 0. The molecule has 10 heteroatoms. The van der Waals surface area contributed by atoms with Gasteiger partial charge in [-0.1, -0.05) is 19.3 Å². The van der Waals surface area contributed by atoms with Crippen LogP contribution in [0.25, 0.3) is 0 Å². The third-order valence-electron chi connectivity index (χ3n) is 4.96. The first-order chi connectivity index (χ1) is 13.6. The highest BCUT2D eigenvalue weighted by Gasteiger charge is 2.19. The van der Waals surface area contributed by atoms with Crippen LogP contribution in [-0.2, 0) is 11.3 Å². The fourth-order valence-corrected chi connectivity index (χ4v) is 3.50. The van der Waals surface area contributed by atoms with Crippen LogP contribution in [0.4, 0.5) is 11.4 Å². The van der Waals surface area contributed by atoms with Gasteiger partial charge < -0.3 is 25.8 Å². The number of hydrogen-bond acceptors (Lipinski definition) is 6. The number of nitrogen functional groups attached to an aromatic ring is 1. The van der Waals surface area contributed by atoms with Gasteiger partial charge in [0.1, 0.15) is 6.54 Å². The molecule has 1 aliphatic heterocycles. The molecule has 2 aromatic rings. The Morgan fingerprint density at radius 3 is 2.66 bits per heavy atom. The molecule has 9 nitrogen and oxygen atoms in total. The SMILES string of the molecule is Cl.Nc1cc2c(cc1NC(=O)c1cnn(CC(=O)NC3CCCCC3)c1)OCO2. The Labute approximate surface area is 174 Å². The molecule has 0 spiro atoms. The molecule has 1 aliphatic carbocycles. The fraction of sp³-hybridized carbons (Fsp3) is 0.421. The summed E-state index contributed by atoms with van der Waals surface area (Å²) in [6.45, 7) is 0.206. The minimum absolute atomic E-state index is 0. The minimum atomic E-state index is -0.371. The smallest absolute Gasteiger partial charge is 0.258 e. The Bertz CT molecular complexity index is 895. The van der Waals surface area contributed by atoms with Gasteiger partial charge in [0.2, 0.25) is 12.7 Å². The van der Waals surface area contributed by atoms with Crippen molar-refractivity contribution in [3.05, 3.63) is 30.1 Å². The maximum absolute atomic E-state index is 12.5. The molecule has 1 aromatic heterocycles. The fourth-order valence-electron chi connectivity index (χ4n) is 3.50. The molecule has 0 atom stereocenters. The Morgan fingerprint density at radius 1 is 1.17 bits per heavy atom. The molecule has 4 N–H and O–H groups in total. The number of rotatable bonds is 5. The van der Waals surface area contributed by atoms with Gasteiger partial charge >= 0.3 is 0 Å². The van der Waals surface area contributed by atoms with Gasteiger partial charge in [0, 0.05) is 24.4 Å². The molecule has 2 heterocycles. The lowest BCUT2D eigenvalue weighted by Gasteiger charge is -2.22. The van der Waals surface area contributed by atoms with Crippen molar-refractivity contribution >= 4 is 35.6 Å². The molecule has 2 aliphatic rings. The van der Waals surface area contributed by atoms with E-state index >= 15 is 0 Å². The van der Waals surface area contributed by atoms with E-state index < -0.39 is 0 Å². The van der Waals surface area contributed by atoms with Crippen molar-refractivity contribution in [2.75, 3.05) is 17.8 Å². The molecule has 156 valence electrons. The molecule has 1 aromatic carbocycles. The van der Waals surface area contributed by atoms with Gasteiger partial charge in [-0.3, -0.25) is 14.3 Å². The molecule has 0 saturated heterocycles. The zero-order valence-corrected chi connectivity index (χ0v) is 16.7. The van der Waals surface area contributed by atoms with Gasteiger partial charge in [-0.05, 0) is 12.8 Å². The summed E-state index contributed by atoms with van der Waals surface area (Å²) in [6, 6.07) is 3.47. The molecule has 0 radical (unpaired) electrons. The number of benzene rings is 1. The van der Waals surface area contributed by atoms with Gasteiger partial charge in [-0.2, -0.15) is 5.10 Å². The van der Waals surface area contributed by atoms with Crippen molar-refractivity contribution in [2.45, 2.75) is 44.7 Å². The van der Waals surface area contributed by atoms with Gasteiger partial charge in [-0.15, -0.1) is 12.4 Å². The van der Waals surface area contributed by atoms with E-state index in [1.54, 1.807) is 18.3 Å². The van der Waals surface area contributed by atoms with Crippen LogP contribution >= 0.6 is 12.4 Å². The molecule has 1 saturated carbocycles. The lowest BCUT2D eigenvalue weighted by molar-refractivity contribution is -0.122. The van der Waals surface area contributed by atoms with Gasteiger partial charge in [0.05, 0.1) is 23.1 Å². The van der Waals surface area contributed by atoms with Crippen LogP contribution in [-0.4, -0.2) is 34.4 Å². The zero-order valence-electron chi connectivity index (χ0n) is 15.8. The van der Waals surface area contributed by atoms with E-state index in [1.807, 2.05) is 0 Å². The first kappa shape index (κ1) is 20.8. The van der Waals surface area contributed by atoms with Crippen LogP contribution in [0.15, 0.2) is 24.5 Å². The van der Waals surface area contributed by atoms with Crippen LogP contribution < -0.4 is 25.8 Å². The van der Waals surface area contributed by atoms with E-state index in [9.17, 15) is 9.59 Å². The van der Waals surface area contributed by atoms with Crippen LogP contribution in [0.3, 0.4) is 0 Å². The van der Waals surface area contributed by atoms with E-state index in [0.717, 1.165) is 25.7 Å². The molecule has 2 amide bonds. The Balaban J connectivity index is 0.00000240. The number of fused-ring (bicyclic) bond motifs is 1. The van der Waals surface area contributed by atoms with E-state index in [1.165, 1.54) is 17.3 Å². The molecule has 0 bridgehead atoms. The predicted molar refractivity (Wildman–Crippen MR) is 109 cm³/mol. The average molecular weight is 422 g/mol. The number of aromatic nitrogens is 2. The average Bonchev–Trinajstić information content (AvgIpc) is 3.32. The first-order valence-corrected chi connectivity index (χ1v) is 9.41. The second-order valence-corrected chi connectivity index (χ2v) is 7.08.